The van der Waals surface area contributed by atoms with Crippen molar-refractivity contribution in [2.45, 2.75) is 0 Å². The lowest BCUT2D eigenvalue weighted by Gasteiger charge is -2.28. The molecule has 1 heteroatoms. The third-order valence-corrected chi connectivity index (χ3v) is 10.4. The second-order valence-corrected chi connectivity index (χ2v) is 13.3. The van der Waals surface area contributed by atoms with Gasteiger partial charge in [0.1, 0.15) is 0 Å². The highest BCUT2D eigenvalue weighted by Crippen LogP contribution is 2.44. The van der Waals surface area contributed by atoms with E-state index in [0.717, 1.165) is 17.1 Å². The molecule has 0 aliphatic carbocycles. The van der Waals surface area contributed by atoms with Gasteiger partial charge in [0, 0.05) is 16.8 Å². The summed E-state index contributed by atoms with van der Waals surface area (Å²) < 4.78 is 0. The topological polar surface area (TPSA) is 3.24 Å². The zero-order valence-corrected chi connectivity index (χ0v) is 28.0. The molecular weight excluding hydrogens is 615 g/mol. The Balaban J connectivity index is 1.20. The van der Waals surface area contributed by atoms with Gasteiger partial charge < -0.3 is 4.90 Å². The predicted molar refractivity (Wildman–Crippen MR) is 220 cm³/mol. The van der Waals surface area contributed by atoms with Crippen LogP contribution in [0.5, 0.6) is 0 Å². The summed E-state index contributed by atoms with van der Waals surface area (Å²) in [6.07, 6.45) is 0. The van der Waals surface area contributed by atoms with E-state index in [4.69, 9.17) is 0 Å². The molecule has 0 aliphatic rings. The zero-order chi connectivity index (χ0) is 33.7. The highest BCUT2D eigenvalue weighted by Gasteiger charge is 2.19. The fourth-order valence-electron chi connectivity index (χ4n) is 8.00. The van der Waals surface area contributed by atoms with Gasteiger partial charge in [-0.05, 0) is 107 Å². The van der Waals surface area contributed by atoms with Crippen molar-refractivity contribution in [1.82, 2.24) is 0 Å². The molecule has 10 aromatic rings. The van der Waals surface area contributed by atoms with E-state index in [1.165, 1.54) is 76.1 Å². The van der Waals surface area contributed by atoms with Crippen molar-refractivity contribution in [2.75, 3.05) is 4.90 Å². The summed E-state index contributed by atoms with van der Waals surface area (Å²) in [6, 6.07) is 73.1. The molecule has 0 fully saturated rings. The largest absolute Gasteiger partial charge is 0.310 e. The second kappa shape index (κ2) is 12.0. The van der Waals surface area contributed by atoms with Crippen LogP contribution >= 0.6 is 0 Å². The highest BCUT2D eigenvalue weighted by molar-refractivity contribution is 6.23. The molecule has 0 heterocycles. The Morgan fingerprint density at radius 2 is 0.863 bits per heavy atom. The van der Waals surface area contributed by atoms with Gasteiger partial charge in [-0.2, -0.15) is 0 Å². The van der Waals surface area contributed by atoms with Gasteiger partial charge in [-0.15, -0.1) is 0 Å². The summed E-state index contributed by atoms with van der Waals surface area (Å²) in [4.78, 5) is 2.43. The Bertz CT molecular complexity index is 2900. The fraction of sp³-hybridized carbons (Fsp3) is 0. The lowest BCUT2D eigenvalue weighted by atomic mass is 9.90. The summed E-state index contributed by atoms with van der Waals surface area (Å²) in [7, 11) is 0. The summed E-state index contributed by atoms with van der Waals surface area (Å²) >= 11 is 0. The van der Waals surface area contributed by atoms with Crippen LogP contribution in [0.15, 0.2) is 200 Å². The number of hydrogen-bond donors (Lipinski definition) is 0. The van der Waals surface area contributed by atoms with Crippen LogP contribution in [0.4, 0.5) is 17.1 Å². The van der Waals surface area contributed by atoms with E-state index in [1.54, 1.807) is 0 Å². The lowest BCUT2D eigenvalue weighted by molar-refractivity contribution is 1.30. The van der Waals surface area contributed by atoms with Crippen molar-refractivity contribution in [2.24, 2.45) is 0 Å². The first-order valence-electron chi connectivity index (χ1n) is 17.6. The van der Waals surface area contributed by atoms with Gasteiger partial charge in [-0.25, -0.2) is 0 Å². The molecule has 0 N–H and O–H groups in total. The lowest BCUT2D eigenvalue weighted by Crippen LogP contribution is -2.10. The Kier molecular flexibility index (Phi) is 6.89. The van der Waals surface area contributed by atoms with Gasteiger partial charge in [-0.3, -0.25) is 0 Å². The number of rotatable bonds is 5. The van der Waals surface area contributed by atoms with Gasteiger partial charge in [0.2, 0.25) is 0 Å². The van der Waals surface area contributed by atoms with Crippen LogP contribution in [0.25, 0.3) is 76.1 Å². The molecule has 0 spiro atoms. The Labute approximate surface area is 297 Å². The molecule has 0 unspecified atom stereocenters. The van der Waals surface area contributed by atoms with Crippen LogP contribution in [-0.2, 0) is 0 Å². The molecule has 238 valence electrons. The van der Waals surface area contributed by atoms with Crippen molar-refractivity contribution in [3.63, 3.8) is 0 Å². The van der Waals surface area contributed by atoms with E-state index in [-0.39, 0.29) is 0 Å². The van der Waals surface area contributed by atoms with E-state index in [1.807, 2.05) is 0 Å². The maximum absolute atomic E-state index is 2.43. The first-order valence-corrected chi connectivity index (χ1v) is 17.6. The van der Waals surface area contributed by atoms with Gasteiger partial charge in [0.25, 0.3) is 0 Å². The monoisotopic (exact) mass is 647 g/mol. The van der Waals surface area contributed by atoms with Crippen LogP contribution in [0.1, 0.15) is 0 Å². The van der Waals surface area contributed by atoms with Gasteiger partial charge in [0.15, 0.2) is 0 Å². The Morgan fingerprint density at radius 3 is 1.63 bits per heavy atom. The Morgan fingerprint density at radius 1 is 0.275 bits per heavy atom. The smallest absolute Gasteiger partial charge is 0.0546 e. The fourth-order valence-corrected chi connectivity index (χ4v) is 8.00. The van der Waals surface area contributed by atoms with Crippen LogP contribution in [-0.4, -0.2) is 0 Å². The zero-order valence-electron chi connectivity index (χ0n) is 28.0. The molecule has 0 aliphatic heterocycles. The van der Waals surface area contributed by atoms with Crippen LogP contribution in [0, 0.1) is 0 Å². The molecular formula is C50H33N. The molecule has 10 aromatic carbocycles. The van der Waals surface area contributed by atoms with Crippen molar-refractivity contribution in [3.05, 3.63) is 200 Å². The number of hydrogen-bond acceptors (Lipinski definition) is 1. The minimum absolute atomic E-state index is 1.11. The first kappa shape index (κ1) is 29.2. The second-order valence-electron chi connectivity index (χ2n) is 13.3. The standard InChI is InChI=1S/C50H33N/c1-2-13-34(14-3-1)37-18-12-19-41(31-37)51(49-33-39-17-6-7-20-42(39)45-23-10-11-24-46(45)49)40-28-25-36(26-29-40)48-32-38-16-5-8-21-43(38)47-30-27-35-15-4-9-22-44(35)50(47)48/h1-33H. The average Bonchev–Trinajstić information content (AvgIpc) is 3.21. The molecule has 0 aromatic heterocycles. The predicted octanol–water partition coefficient (Wildman–Crippen LogP) is 14.3. The van der Waals surface area contributed by atoms with Crippen molar-refractivity contribution >= 4 is 70.9 Å². The van der Waals surface area contributed by atoms with E-state index >= 15 is 0 Å². The minimum Gasteiger partial charge on any atom is -0.310 e. The van der Waals surface area contributed by atoms with Crippen LogP contribution < -0.4 is 4.90 Å². The molecule has 0 atom stereocenters. The number of fused-ring (bicyclic) bond motifs is 8. The van der Waals surface area contributed by atoms with Crippen LogP contribution in [0.2, 0.25) is 0 Å². The van der Waals surface area contributed by atoms with E-state index in [0.29, 0.717) is 0 Å². The summed E-state index contributed by atoms with van der Waals surface area (Å²) in [5.41, 5.74) is 8.23. The van der Waals surface area contributed by atoms with Gasteiger partial charge in [0.05, 0.1) is 5.69 Å². The average molecular weight is 648 g/mol. The number of nitrogens with zero attached hydrogens (tertiary/aromatic N) is 1. The summed E-state index contributed by atoms with van der Waals surface area (Å²) in [5, 5.41) is 12.6. The number of benzene rings is 10. The molecule has 0 saturated heterocycles. The van der Waals surface area contributed by atoms with E-state index in [9.17, 15) is 0 Å². The maximum Gasteiger partial charge on any atom is 0.0546 e. The number of anilines is 3. The third kappa shape index (κ3) is 4.94. The molecule has 1 nitrogen and oxygen atoms in total. The van der Waals surface area contributed by atoms with Crippen molar-refractivity contribution < 1.29 is 0 Å². The molecule has 10 rings (SSSR count). The molecule has 0 bridgehead atoms. The first-order chi connectivity index (χ1) is 25.3. The summed E-state index contributed by atoms with van der Waals surface area (Å²) in [5.74, 6) is 0. The Hall–Kier alpha value is -6.70. The summed E-state index contributed by atoms with van der Waals surface area (Å²) in [6.45, 7) is 0. The van der Waals surface area contributed by atoms with Crippen molar-refractivity contribution in [1.29, 1.82) is 0 Å². The molecule has 51 heavy (non-hydrogen) atoms. The molecule has 0 saturated carbocycles. The van der Waals surface area contributed by atoms with Gasteiger partial charge in [-0.1, -0.05) is 164 Å². The highest BCUT2D eigenvalue weighted by atomic mass is 15.1. The van der Waals surface area contributed by atoms with E-state index in [2.05, 4.69) is 205 Å². The van der Waals surface area contributed by atoms with Gasteiger partial charge >= 0.3 is 0 Å². The quantitative estimate of drug-likeness (QED) is 0.168. The van der Waals surface area contributed by atoms with Crippen molar-refractivity contribution in [3.8, 4) is 22.3 Å². The van der Waals surface area contributed by atoms with Crippen LogP contribution in [0.3, 0.4) is 0 Å². The normalized spacial score (nSPS) is 11.5. The SMILES string of the molecule is c1ccc(-c2cccc(N(c3ccc(-c4cc5ccccc5c5ccc6ccccc6c45)cc3)c3cc4ccccc4c4ccccc34)c2)cc1. The molecule has 0 amide bonds. The third-order valence-electron chi connectivity index (χ3n) is 10.4. The molecule has 0 radical (unpaired) electrons. The maximum atomic E-state index is 2.43. The van der Waals surface area contributed by atoms with E-state index < -0.39 is 0 Å². The minimum atomic E-state index is 1.11.